The van der Waals surface area contributed by atoms with Crippen molar-refractivity contribution in [1.82, 2.24) is 0 Å². The second-order valence-corrected chi connectivity index (χ2v) is 4.76. The number of hydrogen-bond donors (Lipinski definition) is 2. The predicted octanol–water partition coefficient (Wildman–Crippen LogP) is 1.71. The van der Waals surface area contributed by atoms with Crippen molar-refractivity contribution < 1.29 is 9.84 Å². The molecule has 0 bridgehead atoms. The van der Waals surface area contributed by atoms with Gasteiger partial charge in [0.15, 0.2) is 0 Å². The molecule has 0 saturated heterocycles. The summed E-state index contributed by atoms with van der Waals surface area (Å²) in [6.45, 7) is 1.75. The number of benzene rings is 1. The van der Waals surface area contributed by atoms with Crippen molar-refractivity contribution in [1.29, 1.82) is 0 Å². The Labute approximate surface area is 98.4 Å². The smallest absolute Gasteiger partial charge is 0.123 e. The van der Waals surface area contributed by atoms with Gasteiger partial charge in [0, 0.05) is 15.6 Å². The molecule has 1 rings (SSSR count). The molecule has 1 unspecified atom stereocenters. The number of halogens is 1. The zero-order chi connectivity index (χ0) is 11.5. The highest BCUT2D eigenvalue weighted by Crippen LogP contribution is 2.29. The minimum atomic E-state index is -0.628. The minimum absolute atomic E-state index is 0.0580. The van der Waals surface area contributed by atoms with E-state index in [2.05, 4.69) is 15.9 Å². The van der Waals surface area contributed by atoms with E-state index in [1.54, 1.807) is 7.11 Å². The highest BCUT2D eigenvalue weighted by molar-refractivity contribution is 9.10. The lowest BCUT2D eigenvalue weighted by molar-refractivity contribution is 0.207. The van der Waals surface area contributed by atoms with Crippen molar-refractivity contribution in [3.8, 4) is 5.75 Å². The Hall–Kier alpha value is -0.580. The third kappa shape index (κ3) is 3.19. The van der Waals surface area contributed by atoms with Crippen molar-refractivity contribution in [3.63, 3.8) is 0 Å². The molecule has 3 nitrogen and oxygen atoms in total. The van der Waals surface area contributed by atoms with Gasteiger partial charge in [-0.05, 0) is 25.5 Å². The standard InChI is InChI=1S/C11H16BrNO2/c1-11(13,7-14)6-8-9(12)4-3-5-10(8)15-2/h3-5,14H,6-7,13H2,1-2H3. The van der Waals surface area contributed by atoms with Crippen LogP contribution < -0.4 is 10.5 Å². The van der Waals surface area contributed by atoms with Crippen LogP contribution >= 0.6 is 15.9 Å². The fourth-order valence-electron chi connectivity index (χ4n) is 1.36. The van der Waals surface area contributed by atoms with Gasteiger partial charge in [0.25, 0.3) is 0 Å². The highest BCUT2D eigenvalue weighted by Gasteiger charge is 2.21. The van der Waals surface area contributed by atoms with Crippen molar-refractivity contribution in [2.24, 2.45) is 5.73 Å². The Morgan fingerprint density at radius 1 is 1.53 bits per heavy atom. The third-order valence-corrected chi connectivity index (χ3v) is 2.98. The molecule has 0 spiro atoms. The first kappa shape index (κ1) is 12.5. The molecule has 0 radical (unpaired) electrons. The largest absolute Gasteiger partial charge is 0.496 e. The summed E-state index contributed by atoms with van der Waals surface area (Å²) in [7, 11) is 1.62. The van der Waals surface area contributed by atoms with Gasteiger partial charge in [-0.15, -0.1) is 0 Å². The topological polar surface area (TPSA) is 55.5 Å². The van der Waals surface area contributed by atoms with Crippen molar-refractivity contribution >= 4 is 15.9 Å². The summed E-state index contributed by atoms with van der Waals surface area (Å²) in [6, 6.07) is 5.72. The van der Waals surface area contributed by atoms with E-state index in [0.29, 0.717) is 6.42 Å². The Morgan fingerprint density at radius 2 is 2.20 bits per heavy atom. The molecule has 0 amide bonds. The highest BCUT2D eigenvalue weighted by atomic mass is 79.9. The molecule has 0 saturated carbocycles. The summed E-state index contributed by atoms with van der Waals surface area (Å²) in [6.07, 6.45) is 0.564. The molecule has 4 heteroatoms. The average Bonchev–Trinajstić information content (AvgIpc) is 2.21. The predicted molar refractivity (Wildman–Crippen MR) is 64.1 cm³/mol. The molecular formula is C11H16BrNO2. The lowest BCUT2D eigenvalue weighted by Gasteiger charge is -2.23. The maximum absolute atomic E-state index is 9.13. The molecule has 1 aromatic carbocycles. The number of rotatable bonds is 4. The van der Waals surface area contributed by atoms with Gasteiger partial charge in [-0.3, -0.25) is 0 Å². The van der Waals surface area contributed by atoms with E-state index >= 15 is 0 Å². The van der Waals surface area contributed by atoms with Crippen LogP contribution in [0, 0.1) is 0 Å². The Balaban J connectivity index is 3.02. The van der Waals surface area contributed by atoms with E-state index in [-0.39, 0.29) is 6.61 Å². The Bertz CT molecular complexity index is 339. The summed E-state index contributed by atoms with van der Waals surface area (Å²) in [4.78, 5) is 0. The molecule has 1 aromatic rings. The molecule has 3 N–H and O–H groups in total. The molecule has 84 valence electrons. The zero-order valence-corrected chi connectivity index (χ0v) is 10.5. The second-order valence-electron chi connectivity index (χ2n) is 3.91. The number of ether oxygens (including phenoxy) is 1. The first-order valence-corrected chi connectivity index (χ1v) is 5.50. The monoisotopic (exact) mass is 273 g/mol. The molecule has 1 atom stereocenters. The van der Waals surface area contributed by atoms with Gasteiger partial charge >= 0.3 is 0 Å². The van der Waals surface area contributed by atoms with Crippen LogP contribution in [0.4, 0.5) is 0 Å². The van der Waals surface area contributed by atoms with Crippen molar-refractivity contribution in [3.05, 3.63) is 28.2 Å². The summed E-state index contributed by atoms with van der Waals surface area (Å²) >= 11 is 3.45. The molecule has 0 aliphatic rings. The van der Waals surface area contributed by atoms with E-state index in [4.69, 9.17) is 15.6 Å². The van der Waals surface area contributed by atoms with Crippen LogP contribution in [-0.4, -0.2) is 24.4 Å². The fraction of sp³-hybridized carbons (Fsp3) is 0.455. The number of hydrogen-bond acceptors (Lipinski definition) is 3. The normalized spacial score (nSPS) is 14.7. The van der Waals surface area contributed by atoms with E-state index in [9.17, 15) is 0 Å². The van der Waals surface area contributed by atoms with Gasteiger partial charge in [-0.25, -0.2) is 0 Å². The van der Waals surface area contributed by atoms with Gasteiger partial charge in [0.2, 0.25) is 0 Å². The fourth-order valence-corrected chi connectivity index (χ4v) is 1.85. The third-order valence-electron chi connectivity index (χ3n) is 2.24. The molecule has 0 heterocycles. The summed E-state index contributed by atoms with van der Waals surface area (Å²) in [5, 5.41) is 9.13. The van der Waals surface area contributed by atoms with Crippen LogP contribution in [0.25, 0.3) is 0 Å². The van der Waals surface area contributed by atoms with Crippen LogP contribution in [0.5, 0.6) is 5.75 Å². The van der Waals surface area contributed by atoms with E-state index < -0.39 is 5.54 Å². The average molecular weight is 274 g/mol. The molecular weight excluding hydrogens is 258 g/mol. The number of nitrogens with two attached hydrogens (primary N) is 1. The first-order chi connectivity index (χ1) is 7.00. The maximum Gasteiger partial charge on any atom is 0.123 e. The van der Waals surface area contributed by atoms with E-state index in [0.717, 1.165) is 15.8 Å². The number of aliphatic hydroxyl groups excluding tert-OH is 1. The summed E-state index contributed by atoms with van der Waals surface area (Å²) in [5.41, 5.74) is 6.27. The second kappa shape index (κ2) is 4.96. The van der Waals surface area contributed by atoms with Crippen LogP contribution in [0.1, 0.15) is 12.5 Å². The van der Waals surface area contributed by atoms with E-state index in [1.165, 1.54) is 0 Å². The minimum Gasteiger partial charge on any atom is -0.496 e. The summed E-state index contributed by atoms with van der Waals surface area (Å²) in [5.74, 6) is 0.787. The lowest BCUT2D eigenvalue weighted by atomic mass is 9.94. The van der Waals surface area contributed by atoms with Crippen molar-refractivity contribution in [2.45, 2.75) is 18.9 Å². The maximum atomic E-state index is 9.13. The quantitative estimate of drug-likeness (QED) is 0.878. The van der Waals surface area contributed by atoms with Crippen LogP contribution in [-0.2, 0) is 6.42 Å². The molecule has 0 aliphatic heterocycles. The first-order valence-electron chi connectivity index (χ1n) is 4.71. The van der Waals surface area contributed by atoms with Crippen LogP contribution in [0.3, 0.4) is 0 Å². The molecule has 0 aliphatic carbocycles. The SMILES string of the molecule is COc1cccc(Br)c1CC(C)(N)CO. The van der Waals surface area contributed by atoms with Gasteiger partial charge in [0.1, 0.15) is 5.75 Å². The van der Waals surface area contributed by atoms with Crippen molar-refractivity contribution in [2.75, 3.05) is 13.7 Å². The van der Waals surface area contributed by atoms with Gasteiger partial charge in [-0.2, -0.15) is 0 Å². The van der Waals surface area contributed by atoms with Crippen LogP contribution in [0.15, 0.2) is 22.7 Å². The van der Waals surface area contributed by atoms with Gasteiger partial charge in [0.05, 0.1) is 13.7 Å². The van der Waals surface area contributed by atoms with Gasteiger partial charge < -0.3 is 15.6 Å². The number of aliphatic hydroxyl groups is 1. The molecule has 0 aromatic heterocycles. The van der Waals surface area contributed by atoms with Gasteiger partial charge in [-0.1, -0.05) is 22.0 Å². The number of methoxy groups -OCH3 is 1. The lowest BCUT2D eigenvalue weighted by Crippen LogP contribution is -2.42. The Morgan fingerprint density at radius 3 is 2.73 bits per heavy atom. The van der Waals surface area contributed by atoms with Crippen LogP contribution in [0.2, 0.25) is 0 Å². The summed E-state index contributed by atoms with van der Waals surface area (Å²) < 4.78 is 6.20. The van der Waals surface area contributed by atoms with E-state index in [1.807, 2.05) is 25.1 Å². The molecule has 15 heavy (non-hydrogen) atoms. The Kier molecular flexibility index (Phi) is 4.13. The molecule has 0 fully saturated rings. The zero-order valence-electron chi connectivity index (χ0n) is 8.96.